The molecule has 4 rings (SSSR count). The van der Waals surface area contributed by atoms with E-state index in [1.165, 1.54) is 12.1 Å². The molecular weight excluding hydrogens is 409 g/mol. The second-order valence-electron chi connectivity index (χ2n) is 6.11. The summed E-state index contributed by atoms with van der Waals surface area (Å²) in [5.41, 5.74) is -0.211. The van der Waals surface area contributed by atoms with E-state index in [0.29, 0.717) is 17.8 Å². The van der Waals surface area contributed by atoms with Gasteiger partial charge in [-0.3, -0.25) is 9.12 Å². The molecule has 0 saturated heterocycles. The Morgan fingerprint density at radius 1 is 1.03 bits per heavy atom. The Bertz CT molecular complexity index is 1290. The maximum atomic E-state index is 12.7. The minimum absolute atomic E-state index is 0.0482. The molecule has 0 aliphatic heterocycles. The first-order valence-electron chi connectivity index (χ1n) is 8.19. The van der Waals surface area contributed by atoms with Gasteiger partial charge in [-0.15, -0.1) is 0 Å². The number of aryl methyl sites for hydroxylation is 1. The van der Waals surface area contributed by atoms with Gasteiger partial charge in [0.1, 0.15) is 16.5 Å². The van der Waals surface area contributed by atoms with E-state index in [1.807, 2.05) is 0 Å². The number of halogens is 3. The maximum Gasteiger partial charge on any atom is 0.419 e. The Hall–Kier alpha value is -3.41. The highest BCUT2D eigenvalue weighted by Gasteiger charge is 2.32. The summed E-state index contributed by atoms with van der Waals surface area (Å²) in [6, 6.07) is 7.56. The van der Waals surface area contributed by atoms with Crippen molar-refractivity contribution >= 4 is 21.4 Å². The van der Waals surface area contributed by atoms with Crippen molar-refractivity contribution in [3.8, 4) is 5.82 Å². The van der Waals surface area contributed by atoms with E-state index in [-0.39, 0.29) is 10.7 Å². The van der Waals surface area contributed by atoms with Crippen LogP contribution in [0.4, 0.5) is 19.0 Å². The molecule has 0 aromatic carbocycles. The van der Waals surface area contributed by atoms with Gasteiger partial charge in [-0.05, 0) is 31.2 Å². The molecule has 0 fully saturated rings. The predicted molar refractivity (Wildman–Crippen MR) is 97.1 cm³/mol. The van der Waals surface area contributed by atoms with E-state index in [0.717, 1.165) is 22.6 Å². The number of hydrogen-bond acceptors (Lipinski definition) is 5. The number of anilines is 1. The molecule has 12 heteroatoms. The van der Waals surface area contributed by atoms with E-state index in [9.17, 15) is 21.6 Å². The van der Waals surface area contributed by atoms with E-state index >= 15 is 0 Å². The van der Waals surface area contributed by atoms with Gasteiger partial charge in [-0.25, -0.2) is 23.1 Å². The van der Waals surface area contributed by atoms with Crippen LogP contribution in [0.25, 0.3) is 11.3 Å². The monoisotopic (exact) mass is 422 g/mol. The first-order chi connectivity index (χ1) is 13.6. The Morgan fingerprint density at radius 3 is 2.48 bits per heavy atom. The molecule has 4 aromatic heterocycles. The van der Waals surface area contributed by atoms with Gasteiger partial charge in [-0.1, -0.05) is 6.07 Å². The van der Waals surface area contributed by atoms with Gasteiger partial charge in [0.2, 0.25) is 0 Å². The number of pyridine rings is 2. The zero-order chi connectivity index (χ0) is 20.8. The van der Waals surface area contributed by atoms with Crippen LogP contribution in [0.3, 0.4) is 0 Å². The lowest BCUT2D eigenvalue weighted by atomic mass is 10.3. The van der Waals surface area contributed by atoms with Crippen LogP contribution in [0, 0.1) is 6.92 Å². The summed E-state index contributed by atoms with van der Waals surface area (Å²) in [5.74, 6) is 0.946. The third kappa shape index (κ3) is 3.53. The van der Waals surface area contributed by atoms with Crippen LogP contribution in [0.1, 0.15) is 11.4 Å². The van der Waals surface area contributed by atoms with Gasteiger partial charge in [-0.2, -0.15) is 18.3 Å². The summed E-state index contributed by atoms with van der Waals surface area (Å²) < 4.78 is 68.5. The fourth-order valence-electron chi connectivity index (χ4n) is 2.74. The molecule has 4 aromatic rings. The molecular formula is C17H13F3N6O2S. The van der Waals surface area contributed by atoms with Gasteiger partial charge in [0, 0.05) is 12.4 Å². The standard InChI is InChI=1S/C17H13F3N6O2S/c1-11-21-8-13-3-2-4-16(26(11)13)24-29(27,28)14-5-6-15(22-9-14)25-10-12(7-23-25)17(18,19)20/h2-10,24H,1H3. The average Bonchev–Trinajstić information content (AvgIpc) is 3.30. The number of hydrogen-bond donors (Lipinski definition) is 1. The molecule has 0 aliphatic rings. The quantitative estimate of drug-likeness (QED) is 0.546. The topological polar surface area (TPSA) is 94.2 Å². The largest absolute Gasteiger partial charge is 0.419 e. The van der Waals surface area contributed by atoms with Crippen LogP contribution in [-0.4, -0.2) is 32.6 Å². The highest BCUT2D eigenvalue weighted by molar-refractivity contribution is 7.92. The predicted octanol–water partition coefficient (Wildman–Crippen LogP) is 3.04. The molecule has 0 saturated carbocycles. The van der Waals surface area contributed by atoms with Crippen LogP contribution in [0.15, 0.2) is 60.0 Å². The lowest BCUT2D eigenvalue weighted by Gasteiger charge is -2.11. The van der Waals surface area contributed by atoms with Gasteiger partial charge in [0.15, 0.2) is 5.82 Å². The van der Waals surface area contributed by atoms with E-state index in [4.69, 9.17) is 0 Å². The van der Waals surface area contributed by atoms with E-state index in [1.54, 1.807) is 35.7 Å². The summed E-state index contributed by atoms with van der Waals surface area (Å²) in [7, 11) is -3.99. The summed E-state index contributed by atoms with van der Waals surface area (Å²) in [5, 5.41) is 3.61. The molecule has 0 spiro atoms. The summed E-state index contributed by atoms with van der Waals surface area (Å²) in [4.78, 5) is 7.91. The SMILES string of the molecule is Cc1ncc2cccc(NS(=O)(=O)c3ccc(-n4cc(C(F)(F)F)cn4)nc3)n12. The van der Waals surface area contributed by atoms with Crippen LogP contribution in [0.5, 0.6) is 0 Å². The minimum Gasteiger partial charge on any atom is -0.282 e. The van der Waals surface area contributed by atoms with Crippen LogP contribution in [-0.2, 0) is 16.2 Å². The van der Waals surface area contributed by atoms with Gasteiger partial charge in [0.05, 0.1) is 23.5 Å². The zero-order valence-corrected chi connectivity index (χ0v) is 15.6. The fraction of sp³-hybridized carbons (Fsp3) is 0.118. The number of aromatic nitrogens is 5. The Labute approximate surface area is 162 Å². The van der Waals surface area contributed by atoms with Gasteiger partial charge < -0.3 is 0 Å². The van der Waals surface area contributed by atoms with E-state index < -0.39 is 21.8 Å². The smallest absolute Gasteiger partial charge is 0.282 e. The third-order valence-corrected chi connectivity index (χ3v) is 5.48. The lowest BCUT2D eigenvalue weighted by molar-refractivity contribution is -0.137. The van der Waals surface area contributed by atoms with Gasteiger partial charge >= 0.3 is 6.18 Å². The molecule has 0 radical (unpaired) electrons. The highest BCUT2D eigenvalue weighted by Crippen LogP contribution is 2.29. The van der Waals surface area contributed by atoms with Crippen molar-refractivity contribution in [3.63, 3.8) is 0 Å². The molecule has 4 heterocycles. The van der Waals surface area contributed by atoms with Crippen molar-refractivity contribution in [1.82, 2.24) is 24.1 Å². The number of nitrogens with zero attached hydrogens (tertiary/aromatic N) is 5. The lowest BCUT2D eigenvalue weighted by Crippen LogP contribution is -2.16. The van der Waals surface area contributed by atoms with Crippen molar-refractivity contribution in [2.45, 2.75) is 18.0 Å². The molecule has 1 N–H and O–H groups in total. The Morgan fingerprint density at radius 2 is 1.83 bits per heavy atom. The molecule has 0 bridgehead atoms. The summed E-state index contributed by atoms with van der Waals surface area (Å²) in [6.45, 7) is 1.74. The molecule has 0 atom stereocenters. The van der Waals surface area contributed by atoms with E-state index in [2.05, 4.69) is 19.8 Å². The first kappa shape index (κ1) is 18.9. The number of alkyl halides is 3. The minimum atomic E-state index is -4.53. The third-order valence-electron chi connectivity index (χ3n) is 4.14. The molecule has 29 heavy (non-hydrogen) atoms. The maximum absolute atomic E-state index is 12.7. The molecule has 0 aliphatic carbocycles. The van der Waals surface area contributed by atoms with Crippen LogP contribution >= 0.6 is 0 Å². The number of nitrogens with one attached hydrogen (secondary N) is 1. The number of fused-ring (bicyclic) bond motifs is 1. The Balaban J connectivity index is 1.62. The van der Waals surface area contributed by atoms with Crippen LogP contribution in [0.2, 0.25) is 0 Å². The van der Waals surface area contributed by atoms with Crippen molar-refractivity contribution in [1.29, 1.82) is 0 Å². The zero-order valence-electron chi connectivity index (χ0n) is 14.8. The molecule has 0 amide bonds. The summed E-state index contributed by atoms with van der Waals surface area (Å²) in [6.07, 6.45) is -0.423. The second kappa shape index (κ2) is 6.58. The fourth-order valence-corrected chi connectivity index (χ4v) is 3.73. The normalized spacial score (nSPS) is 12.4. The summed E-state index contributed by atoms with van der Waals surface area (Å²) >= 11 is 0. The number of imidazole rings is 1. The van der Waals surface area contributed by atoms with Crippen molar-refractivity contribution < 1.29 is 21.6 Å². The number of rotatable bonds is 4. The van der Waals surface area contributed by atoms with Crippen LogP contribution < -0.4 is 4.72 Å². The Kier molecular flexibility index (Phi) is 4.30. The molecule has 0 unspecified atom stereocenters. The van der Waals surface area contributed by atoms with Crippen molar-refractivity contribution in [2.24, 2.45) is 0 Å². The second-order valence-corrected chi connectivity index (χ2v) is 7.79. The molecule has 150 valence electrons. The highest BCUT2D eigenvalue weighted by atomic mass is 32.2. The molecule has 8 nitrogen and oxygen atoms in total. The van der Waals surface area contributed by atoms with Gasteiger partial charge in [0.25, 0.3) is 10.0 Å². The first-order valence-corrected chi connectivity index (χ1v) is 9.68. The van der Waals surface area contributed by atoms with Crippen molar-refractivity contribution in [3.05, 3.63) is 66.5 Å². The average molecular weight is 422 g/mol. The number of sulfonamides is 1. The van der Waals surface area contributed by atoms with Crippen molar-refractivity contribution in [2.75, 3.05) is 4.72 Å².